The van der Waals surface area contributed by atoms with Crippen LogP contribution in [0.25, 0.3) is 16.8 Å². The Morgan fingerprint density at radius 1 is 1.04 bits per heavy atom. The summed E-state index contributed by atoms with van der Waals surface area (Å²) in [5.74, 6) is 0.780. The molecule has 0 amide bonds. The first-order valence-corrected chi connectivity index (χ1v) is 9.01. The lowest BCUT2D eigenvalue weighted by molar-refractivity contribution is 0.181. The van der Waals surface area contributed by atoms with Crippen molar-refractivity contribution in [3.8, 4) is 16.9 Å². The maximum Gasteiger partial charge on any atom is 0.272 e. The molecule has 0 saturated heterocycles. The molecule has 0 saturated carbocycles. The van der Waals surface area contributed by atoms with Crippen LogP contribution in [0, 0.1) is 0 Å². The average molecular weight is 375 g/mol. The van der Waals surface area contributed by atoms with Gasteiger partial charge in [-0.15, -0.1) is 0 Å². The van der Waals surface area contributed by atoms with E-state index in [1.165, 1.54) is 4.52 Å². The molecule has 0 bridgehead atoms. The number of aromatic amines is 1. The zero-order valence-electron chi connectivity index (χ0n) is 15.8. The van der Waals surface area contributed by atoms with Gasteiger partial charge in [0, 0.05) is 30.7 Å². The Bertz CT molecular complexity index is 1160. The summed E-state index contributed by atoms with van der Waals surface area (Å²) in [6.45, 7) is 0.356. The van der Waals surface area contributed by atoms with Crippen molar-refractivity contribution in [1.29, 1.82) is 0 Å². The SMILES string of the molecule is COCc1[nH]n2c(=O)cc(Cc3ccccc3OC)nc2c1-c1ccccc1. The number of hydrogen-bond donors (Lipinski definition) is 1. The van der Waals surface area contributed by atoms with Gasteiger partial charge in [-0.25, -0.2) is 9.50 Å². The monoisotopic (exact) mass is 375 g/mol. The maximum atomic E-state index is 12.8. The Labute approximate surface area is 162 Å². The zero-order chi connectivity index (χ0) is 19.5. The Kier molecular flexibility index (Phi) is 4.95. The van der Waals surface area contributed by atoms with Crippen LogP contribution in [0.3, 0.4) is 0 Å². The summed E-state index contributed by atoms with van der Waals surface area (Å²) in [5.41, 5.74) is 4.78. The zero-order valence-corrected chi connectivity index (χ0v) is 15.8. The molecule has 2 aromatic carbocycles. The van der Waals surface area contributed by atoms with E-state index in [0.29, 0.717) is 24.4 Å². The number of methoxy groups -OCH3 is 2. The highest BCUT2D eigenvalue weighted by atomic mass is 16.5. The van der Waals surface area contributed by atoms with E-state index in [0.717, 1.165) is 28.1 Å². The Morgan fingerprint density at radius 3 is 2.54 bits per heavy atom. The van der Waals surface area contributed by atoms with Gasteiger partial charge in [-0.05, 0) is 11.6 Å². The summed E-state index contributed by atoms with van der Waals surface area (Å²) in [4.78, 5) is 17.6. The van der Waals surface area contributed by atoms with Crippen molar-refractivity contribution in [2.45, 2.75) is 13.0 Å². The van der Waals surface area contributed by atoms with Gasteiger partial charge in [0.05, 0.1) is 25.1 Å². The van der Waals surface area contributed by atoms with Crippen LogP contribution in [0.1, 0.15) is 17.0 Å². The molecule has 0 atom stereocenters. The molecule has 6 heteroatoms. The van der Waals surface area contributed by atoms with Crippen molar-refractivity contribution in [3.63, 3.8) is 0 Å². The molecule has 28 heavy (non-hydrogen) atoms. The van der Waals surface area contributed by atoms with Crippen molar-refractivity contribution in [2.24, 2.45) is 0 Å². The second-order valence-corrected chi connectivity index (χ2v) is 6.50. The first kappa shape index (κ1) is 18.0. The van der Waals surface area contributed by atoms with Crippen molar-refractivity contribution < 1.29 is 9.47 Å². The highest BCUT2D eigenvalue weighted by Gasteiger charge is 2.17. The highest BCUT2D eigenvalue weighted by Crippen LogP contribution is 2.28. The Balaban J connectivity index is 1.88. The van der Waals surface area contributed by atoms with Gasteiger partial charge in [-0.2, -0.15) is 0 Å². The van der Waals surface area contributed by atoms with Gasteiger partial charge in [0.15, 0.2) is 5.65 Å². The number of aromatic nitrogens is 3. The second-order valence-electron chi connectivity index (χ2n) is 6.50. The molecule has 2 aromatic heterocycles. The molecule has 4 aromatic rings. The van der Waals surface area contributed by atoms with E-state index in [2.05, 4.69) is 5.10 Å². The molecule has 6 nitrogen and oxygen atoms in total. The van der Waals surface area contributed by atoms with E-state index in [-0.39, 0.29) is 5.56 Å². The summed E-state index contributed by atoms with van der Waals surface area (Å²) in [6, 6.07) is 19.2. The molecule has 0 spiro atoms. The van der Waals surface area contributed by atoms with Gasteiger partial charge in [0.1, 0.15) is 5.75 Å². The summed E-state index contributed by atoms with van der Waals surface area (Å²) in [7, 11) is 3.27. The van der Waals surface area contributed by atoms with Crippen LogP contribution in [0.5, 0.6) is 5.75 Å². The molecule has 142 valence electrons. The number of hydrogen-bond acceptors (Lipinski definition) is 4. The minimum absolute atomic E-state index is 0.158. The third-order valence-corrected chi connectivity index (χ3v) is 4.66. The lowest BCUT2D eigenvalue weighted by Crippen LogP contribution is -2.16. The molecule has 4 rings (SSSR count). The number of rotatable bonds is 6. The van der Waals surface area contributed by atoms with Crippen molar-refractivity contribution in [2.75, 3.05) is 14.2 Å². The van der Waals surface area contributed by atoms with Gasteiger partial charge >= 0.3 is 0 Å². The molecular weight excluding hydrogens is 354 g/mol. The number of nitrogens with zero attached hydrogens (tertiary/aromatic N) is 2. The number of benzene rings is 2. The number of H-pyrrole nitrogens is 1. The van der Waals surface area contributed by atoms with E-state index in [1.54, 1.807) is 20.3 Å². The fourth-order valence-corrected chi connectivity index (χ4v) is 3.42. The lowest BCUT2D eigenvalue weighted by Gasteiger charge is -2.08. The molecule has 0 aliphatic carbocycles. The molecule has 1 N–H and O–H groups in total. The number of nitrogens with one attached hydrogen (secondary N) is 1. The molecule has 2 heterocycles. The Morgan fingerprint density at radius 2 is 1.79 bits per heavy atom. The molecular formula is C22H21N3O3. The molecule has 0 aliphatic heterocycles. The van der Waals surface area contributed by atoms with Crippen molar-refractivity contribution >= 4 is 5.65 Å². The normalized spacial score (nSPS) is 11.1. The third-order valence-electron chi connectivity index (χ3n) is 4.66. The van der Waals surface area contributed by atoms with Crippen LogP contribution in [-0.4, -0.2) is 28.8 Å². The summed E-state index contributed by atoms with van der Waals surface area (Å²) < 4.78 is 12.2. The lowest BCUT2D eigenvalue weighted by atomic mass is 10.1. The summed E-state index contributed by atoms with van der Waals surface area (Å²) >= 11 is 0. The molecule has 0 unspecified atom stereocenters. The third kappa shape index (κ3) is 3.30. The molecule has 0 aliphatic rings. The standard InChI is InChI=1S/C22H21N3O3/c1-27-14-18-21(15-8-4-3-5-9-15)22-23-17(13-20(26)25(22)24-18)12-16-10-6-7-11-19(16)28-2/h3-11,13,24H,12,14H2,1-2H3. The van der Waals surface area contributed by atoms with E-state index >= 15 is 0 Å². The van der Waals surface area contributed by atoms with E-state index < -0.39 is 0 Å². The molecule has 0 radical (unpaired) electrons. The predicted octanol–water partition coefficient (Wildman–Crippen LogP) is 3.44. The van der Waals surface area contributed by atoms with Crippen LogP contribution in [-0.2, 0) is 17.8 Å². The van der Waals surface area contributed by atoms with Crippen LogP contribution in [0.15, 0.2) is 65.5 Å². The van der Waals surface area contributed by atoms with E-state index in [9.17, 15) is 4.79 Å². The van der Waals surface area contributed by atoms with Crippen LogP contribution in [0.4, 0.5) is 0 Å². The number of ether oxygens (including phenoxy) is 2. The number of fused-ring (bicyclic) bond motifs is 1. The summed E-state index contributed by atoms with van der Waals surface area (Å²) in [5, 5.41) is 3.14. The number of para-hydroxylation sites is 1. The minimum Gasteiger partial charge on any atom is -0.496 e. The largest absolute Gasteiger partial charge is 0.496 e. The highest BCUT2D eigenvalue weighted by molar-refractivity contribution is 5.79. The first-order valence-electron chi connectivity index (χ1n) is 9.01. The van der Waals surface area contributed by atoms with Crippen molar-refractivity contribution in [3.05, 3.63) is 88.0 Å². The van der Waals surface area contributed by atoms with Crippen molar-refractivity contribution in [1.82, 2.24) is 14.6 Å². The van der Waals surface area contributed by atoms with Gasteiger partial charge in [-0.1, -0.05) is 48.5 Å². The smallest absolute Gasteiger partial charge is 0.272 e. The molecule has 0 fully saturated rings. The topological polar surface area (TPSA) is 68.6 Å². The van der Waals surface area contributed by atoms with Crippen LogP contribution in [0.2, 0.25) is 0 Å². The predicted molar refractivity (Wildman–Crippen MR) is 108 cm³/mol. The van der Waals surface area contributed by atoms with Gasteiger partial charge < -0.3 is 9.47 Å². The van der Waals surface area contributed by atoms with Gasteiger partial charge in [-0.3, -0.25) is 9.89 Å². The fraction of sp³-hybridized carbons (Fsp3) is 0.182. The van der Waals surface area contributed by atoms with Gasteiger partial charge in [0.25, 0.3) is 5.56 Å². The maximum absolute atomic E-state index is 12.8. The van der Waals surface area contributed by atoms with E-state index in [1.807, 2.05) is 54.6 Å². The van der Waals surface area contributed by atoms with Gasteiger partial charge in [0.2, 0.25) is 0 Å². The summed E-state index contributed by atoms with van der Waals surface area (Å²) in [6.07, 6.45) is 0.509. The average Bonchev–Trinajstić information content (AvgIpc) is 3.08. The fourth-order valence-electron chi connectivity index (χ4n) is 3.42. The van der Waals surface area contributed by atoms with Crippen LogP contribution < -0.4 is 10.3 Å². The second kappa shape index (κ2) is 7.70. The Hall–Kier alpha value is -3.38. The van der Waals surface area contributed by atoms with Crippen LogP contribution >= 0.6 is 0 Å². The minimum atomic E-state index is -0.158. The van der Waals surface area contributed by atoms with E-state index in [4.69, 9.17) is 14.5 Å². The quantitative estimate of drug-likeness (QED) is 0.561. The first-order chi connectivity index (χ1) is 13.7.